The van der Waals surface area contributed by atoms with Crippen molar-refractivity contribution in [3.05, 3.63) is 35.9 Å². The summed E-state index contributed by atoms with van der Waals surface area (Å²) in [6.45, 7) is 8.85. The second-order valence-electron chi connectivity index (χ2n) is 8.43. The Balaban J connectivity index is 2.99. The number of alkyl carbamates (subject to hydrolysis) is 1. The summed E-state index contributed by atoms with van der Waals surface area (Å²) in [5, 5.41) is 4.90. The van der Waals surface area contributed by atoms with E-state index in [2.05, 4.69) is 10.6 Å². The van der Waals surface area contributed by atoms with Crippen molar-refractivity contribution in [2.24, 2.45) is 5.92 Å². The molecule has 166 valence electrons. The zero-order chi connectivity index (χ0) is 22.9. The summed E-state index contributed by atoms with van der Waals surface area (Å²) in [6.07, 6.45) is -0.398. The van der Waals surface area contributed by atoms with Crippen LogP contribution in [0.2, 0.25) is 0 Å². The van der Waals surface area contributed by atoms with Gasteiger partial charge in [0.1, 0.15) is 17.7 Å². The van der Waals surface area contributed by atoms with Crippen LogP contribution >= 0.6 is 0 Å². The molecule has 0 heterocycles. The Morgan fingerprint density at radius 3 is 2.07 bits per heavy atom. The number of nitrogens with one attached hydrogen (secondary N) is 2. The van der Waals surface area contributed by atoms with Crippen molar-refractivity contribution in [2.75, 3.05) is 7.11 Å². The Bertz CT molecular complexity index is 740. The van der Waals surface area contributed by atoms with Crippen molar-refractivity contribution in [3.63, 3.8) is 0 Å². The lowest BCUT2D eigenvalue weighted by Crippen LogP contribution is -2.53. The van der Waals surface area contributed by atoms with Crippen LogP contribution in [0.4, 0.5) is 4.79 Å². The molecule has 2 amide bonds. The zero-order valence-electron chi connectivity index (χ0n) is 18.5. The highest BCUT2D eigenvalue weighted by Gasteiger charge is 2.32. The maximum Gasteiger partial charge on any atom is 0.408 e. The van der Waals surface area contributed by atoms with Gasteiger partial charge in [0.15, 0.2) is 0 Å². The number of carbonyl (C=O) groups excluding carboxylic acids is 4. The molecule has 2 N–H and O–H groups in total. The van der Waals surface area contributed by atoms with Gasteiger partial charge in [0.25, 0.3) is 5.91 Å². The number of esters is 1. The van der Waals surface area contributed by atoms with E-state index >= 15 is 0 Å². The lowest BCUT2D eigenvalue weighted by atomic mass is 10.0. The van der Waals surface area contributed by atoms with E-state index in [1.807, 2.05) is 19.9 Å². The summed E-state index contributed by atoms with van der Waals surface area (Å²) in [4.78, 5) is 49.6. The minimum absolute atomic E-state index is 0.0875. The SMILES string of the molecule is COC(=O)[C@H](CC(C)C)NC(=O)C(=O)[C@H](Cc1ccccc1)NC(=O)OC(C)(C)C. The fourth-order valence-electron chi connectivity index (χ4n) is 2.72. The van der Waals surface area contributed by atoms with Crippen molar-refractivity contribution in [3.8, 4) is 0 Å². The molecule has 0 fully saturated rings. The Hall–Kier alpha value is -2.90. The third-order valence-electron chi connectivity index (χ3n) is 4.01. The van der Waals surface area contributed by atoms with Crippen LogP contribution in [0.3, 0.4) is 0 Å². The number of rotatable bonds is 9. The van der Waals surface area contributed by atoms with Crippen LogP contribution in [0.15, 0.2) is 30.3 Å². The van der Waals surface area contributed by atoms with E-state index in [-0.39, 0.29) is 12.3 Å². The molecule has 0 aliphatic rings. The second-order valence-corrected chi connectivity index (χ2v) is 8.43. The highest BCUT2D eigenvalue weighted by molar-refractivity contribution is 6.38. The van der Waals surface area contributed by atoms with E-state index in [0.29, 0.717) is 6.42 Å². The van der Waals surface area contributed by atoms with Gasteiger partial charge in [-0.3, -0.25) is 9.59 Å². The summed E-state index contributed by atoms with van der Waals surface area (Å²) in [7, 11) is 1.21. The fraction of sp³-hybridized carbons (Fsp3) is 0.545. The third kappa shape index (κ3) is 9.07. The molecule has 0 unspecified atom stereocenters. The quantitative estimate of drug-likeness (QED) is 0.469. The summed E-state index contributed by atoms with van der Waals surface area (Å²) in [5.41, 5.74) is -0.00803. The van der Waals surface area contributed by atoms with E-state index in [1.54, 1.807) is 45.0 Å². The summed E-state index contributed by atoms with van der Waals surface area (Å²) in [5.74, 6) is -2.39. The predicted molar refractivity (Wildman–Crippen MR) is 112 cm³/mol. The largest absolute Gasteiger partial charge is 0.467 e. The molecule has 0 spiro atoms. The molecule has 0 aliphatic carbocycles. The molecule has 1 aromatic rings. The topological polar surface area (TPSA) is 111 Å². The van der Waals surface area contributed by atoms with Crippen LogP contribution < -0.4 is 10.6 Å². The summed E-state index contributed by atoms with van der Waals surface area (Å²) >= 11 is 0. The first-order valence-corrected chi connectivity index (χ1v) is 9.89. The van der Waals surface area contributed by atoms with Gasteiger partial charge in [-0.15, -0.1) is 0 Å². The van der Waals surface area contributed by atoms with Gasteiger partial charge in [-0.25, -0.2) is 9.59 Å². The molecule has 0 bridgehead atoms. The first-order chi connectivity index (χ1) is 13.9. The van der Waals surface area contributed by atoms with E-state index in [4.69, 9.17) is 9.47 Å². The predicted octanol–water partition coefficient (Wildman–Crippen LogP) is 2.40. The van der Waals surface area contributed by atoms with Crippen LogP contribution in [0.25, 0.3) is 0 Å². The molecule has 1 aromatic carbocycles. The van der Waals surface area contributed by atoms with Crippen LogP contribution in [0, 0.1) is 5.92 Å². The fourth-order valence-corrected chi connectivity index (χ4v) is 2.72. The van der Waals surface area contributed by atoms with Gasteiger partial charge >= 0.3 is 12.1 Å². The maximum absolute atomic E-state index is 12.8. The van der Waals surface area contributed by atoms with E-state index in [1.165, 1.54) is 7.11 Å². The van der Waals surface area contributed by atoms with Crippen molar-refractivity contribution in [2.45, 2.75) is 65.1 Å². The molecule has 8 heteroatoms. The Morgan fingerprint density at radius 2 is 1.57 bits per heavy atom. The van der Waals surface area contributed by atoms with Crippen molar-refractivity contribution in [1.82, 2.24) is 10.6 Å². The number of ether oxygens (including phenoxy) is 2. The summed E-state index contributed by atoms with van der Waals surface area (Å²) in [6, 6.07) is 6.86. The Kier molecular flexibility index (Phi) is 9.49. The average Bonchev–Trinajstić information content (AvgIpc) is 2.64. The number of methoxy groups -OCH3 is 1. The number of benzene rings is 1. The molecular formula is C22H32N2O6. The normalized spacial score (nSPS) is 13.2. The smallest absolute Gasteiger partial charge is 0.408 e. The second kappa shape index (κ2) is 11.3. The van der Waals surface area contributed by atoms with Gasteiger partial charge in [0.2, 0.25) is 5.78 Å². The minimum atomic E-state index is -1.15. The first-order valence-electron chi connectivity index (χ1n) is 9.89. The lowest BCUT2D eigenvalue weighted by Gasteiger charge is -2.24. The molecule has 1 rings (SSSR count). The molecular weight excluding hydrogens is 388 g/mol. The standard InChI is InChI=1S/C22H32N2O6/c1-14(2)12-17(20(27)29-6)23-19(26)18(25)16(13-15-10-8-7-9-11-15)24-21(28)30-22(3,4)5/h7-11,14,16-17H,12-13H2,1-6H3,(H,23,26)(H,24,28)/t16-,17-/m0/s1. The molecule has 0 radical (unpaired) electrons. The van der Waals surface area contributed by atoms with E-state index in [0.717, 1.165) is 5.56 Å². The molecule has 0 saturated heterocycles. The maximum atomic E-state index is 12.8. The van der Waals surface area contributed by atoms with Crippen LogP contribution in [0.5, 0.6) is 0 Å². The lowest BCUT2D eigenvalue weighted by molar-refractivity contribution is -0.147. The van der Waals surface area contributed by atoms with Gasteiger partial charge in [-0.1, -0.05) is 44.2 Å². The number of Topliss-reactive ketones (excluding diaryl/α,β-unsaturated/α-hetero) is 1. The Morgan fingerprint density at radius 1 is 0.967 bits per heavy atom. The average molecular weight is 421 g/mol. The molecule has 2 atom stereocenters. The zero-order valence-corrected chi connectivity index (χ0v) is 18.5. The van der Waals surface area contributed by atoms with E-state index < -0.39 is 41.4 Å². The monoisotopic (exact) mass is 420 g/mol. The molecule has 0 saturated carbocycles. The minimum Gasteiger partial charge on any atom is -0.467 e. The molecule has 30 heavy (non-hydrogen) atoms. The van der Waals surface area contributed by atoms with Crippen LogP contribution in [-0.2, 0) is 30.3 Å². The molecule has 0 aliphatic heterocycles. The van der Waals surface area contributed by atoms with Gasteiger partial charge in [-0.2, -0.15) is 0 Å². The van der Waals surface area contributed by atoms with Gasteiger partial charge in [0.05, 0.1) is 7.11 Å². The van der Waals surface area contributed by atoms with Gasteiger partial charge in [0, 0.05) is 6.42 Å². The number of ketones is 1. The number of carbonyl (C=O) groups is 4. The van der Waals surface area contributed by atoms with Gasteiger partial charge < -0.3 is 20.1 Å². The van der Waals surface area contributed by atoms with Gasteiger partial charge in [-0.05, 0) is 38.7 Å². The molecule has 8 nitrogen and oxygen atoms in total. The van der Waals surface area contributed by atoms with E-state index in [9.17, 15) is 19.2 Å². The van der Waals surface area contributed by atoms with Crippen molar-refractivity contribution >= 4 is 23.8 Å². The number of hydrogen-bond donors (Lipinski definition) is 2. The Labute approximate surface area is 177 Å². The number of amides is 2. The van der Waals surface area contributed by atoms with Crippen LogP contribution in [0.1, 0.15) is 46.6 Å². The number of hydrogen-bond acceptors (Lipinski definition) is 6. The highest BCUT2D eigenvalue weighted by Crippen LogP contribution is 2.10. The first kappa shape index (κ1) is 25.1. The third-order valence-corrected chi connectivity index (χ3v) is 4.01. The van der Waals surface area contributed by atoms with Crippen molar-refractivity contribution < 1.29 is 28.7 Å². The highest BCUT2D eigenvalue weighted by atomic mass is 16.6. The molecule has 0 aromatic heterocycles. The van der Waals surface area contributed by atoms with Crippen molar-refractivity contribution in [1.29, 1.82) is 0 Å². The summed E-state index contributed by atoms with van der Waals surface area (Å²) < 4.78 is 9.93. The van der Waals surface area contributed by atoms with Crippen LogP contribution in [-0.4, -0.2) is 48.5 Å².